The molecule has 1 aromatic rings. The van der Waals surface area contributed by atoms with Gasteiger partial charge in [-0.1, -0.05) is 33.1 Å². The molecular weight excluding hydrogens is 261 g/mol. The SMILES string of the molecule is CCCCC(CC)C(Cl)c1c(F)cc(F)cc1F. The van der Waals surface area contributed by atoms with Gasteiger partial charge in [0.1, 0.15) is 17.5 Å². The molecule has 0 aromatic heterocycles. The first-order chi connectivity index (χ1) is 8.51. The van der Waals surface area contributed by atoms with Gasteiger partial charge in [0.2, 0.25) is 0 Å². The summed E-state index contributed by atoms with van der Waals surface area (Å²) in [4.78, 5) is 0. The third kappa shape index (κ3) is 3.64. The Morgan fingerprint density at radius 1 is 1.11 bits per heavy atom. The number of hydrogen-bond acceptors (Lipinski definition) is 0. The van der Waals surface area contributed by atoms with Gasteiger partial charge in [0.15, 0.2) is 0 Å². The standard InChI is InChI=1S/C14H18ClF3/c1-3-5-6-9(4-2)14(15)13-11(17)7-10(16)8-12(13)18/h7-9,14H,3-6H2,1-2H3. The van der Waals surface area contributed by atoms with Crippen molar-refractivity contribution in [1.82, 2.24) is 0 Å². The minimum Gasteiger partial charge on any atom is -0.207 e. The monoisotopic (exact) mass is 278 g/mol. The molecule has 0 N–H and O–H groups in total. The van der Waals surface area contributed by atoms with E-state index < -0.39 is 22.8 Å². The van der Waals surface area contributed by atoms with Gasteiger partial charge in [-0.15, -0.1) is 11.6 Å². The van der Waals surface area contributed by atoms with Gasteiger partial charge >= 0.3 is 0 Å². The Labute approximate surface area is 111 Å². The zero-order valence-corrected chi connectivity index (χ0v) is 11.4. The third-order valence-electron chi connectivity index (χ3n) is 3.19. The molecule has 1 aromatic carbocycles. The number of benzene rings is 1. The summed E-state index contributed by atoms with van der Waals surface area (Å²) in [7, 11) is 0. The molecule has 0 amide bonds. The molecule has 2 unspecified atom stereocenters. The second-order valence-corrected chi connectivity index (χ2v) is 4.97. The quantitative estimate of drug-likeness (QED) is 0.594. The summed E-state index contributed by atoms with van der Waals surface area (Å²) in [6, 6.07) is 1.36. The zero-order chi connectivity index (χ0) is 13.7. The zero-order valence-electron chi connectivity index (χ0n) is 10.6. The van der Waals surface area contributed by atoms with Gasteiger partial charge in [-0.25, -0.2) is 13.2 Å². The maximum Gasteiger partial charge on any atom is 0.133 e. The van der Waals surface area contributed by atoms with Gasteiger partial charge in [0.25, 0.3) is 0 Å². The van der Waals surface area contributed by atoms with Gasteiger partial charge in [0, 0.05) is 17.7 Å². The van der Waals surface area contributed by atoms with E-state index in [9.17, 15) is 13.2 Å². The molecule has 0 radical (unpaired) electrons. The molecule has 0 spiro atoms. The van der Waals surface area contributed by atoms with Crippen molar-refractivity contribution >= 4 is 11.6 Å². The number of rotatable bonds is 6. The largest absolute Gasteiger partial charge is 0.207 e. The summed E-state index contributed by atoms with van der Waals surface area (Å²) in [5.74, 6) is -2.72. The van der Waals surface area contributed by atoms with Gasteiger partial charge in [-0.2, -0.15) is 0 Å². The van der Waals surface area contributed by atoms with Crippen LogP contribution in [0, 0.1) is 23.4 Å². The van der Waals surface area contributed by atoms with Crippen LogP contribution in [0.15, 0.2) is 12.1 Å². The summed E-state index contributed by atoms with van der Waals surface area (Å²) in [6.45, 7) is 3.99. The van der Waals surface area contributed by atoms with E-state index in [0.29, 0.717) is 12.1 Å². The van der Waals surface area contributed by atoms with Crippen LogP contribution < -0.4 is 0 Å². The Kier molecular flexibility index (Phi) is 6.00. The molecule has 102 valence electrons. The molecule has 0 fully saturated rings. The topological polar surface area (TPSA) is 0 Å². The Morgan fingerprint density at radius 2 is 1.67 bits per heavy atom. The fourth-order valence-electron chi connectivity index (χ4n) is 2.08. The minimum absolute atomic E-state index is 0.000998. The molecule has 4 heteroatoms. The lowest BCUT2D eigenvalue weighted by molar-refractivity contribution is 0.414. The molecule has 0 aliphatic carbocycles. The lowest BCUT2D eigenvalue weighted by atomic mass is 9.91. The first-order valence-electron chi connectivity index (χ1n) is 6.29. The molecule has 0 nitrogen and oxygen atoms in total. The van der Waals surface area contributed by atoms with Gasteiger partial charge < -0.3 is 0 Å². The van der Waals surface area contributed by atoms with Crippen LogP contribution in [-0.2, 0) is 0 Å². The highest BCUT2D eigenvalue weighted by atomic mass is 35.5. The van der Waals surface area contributed by atoms with Crippen LogP contribution in [0.1, 0.15) is 50.5 Å². The summed E-state index contributed by atoms with van der Waals surface area (Å²) >= 11 is 6.17. The van der Waals surface area contributed by atoms with Crippen molar-refractivity contribution in [3.8, 4) is 0 Å². The molecule has 0 saturated carbocycles. The van der Waals surface area contributed by atoms with Crippen molar-refractivity contribution in [3.63, 3.8) is 0 Å². The molecule has 0 saturated heterocycles. The number of unbranched alkanes of at least 4 members (excludes halogenated alkanes) is 1. The number of halogens is 4. The van der Waals surface area contributed by atoms with Crippen molar-refractivity contribution in [2.24, 2.45) is 5.92 Å². The van der Waals surface area contributed by atoms with Crippen LogP contribution in [0.4, 0.5) is 13.2 Å². The van der Waals surface area contributed by atoms with Crippen molar-refractivity contribution in [2.75, 3.05) is 0 Å². The highest BCUT2D eigenvalue weighted by molar-refractivity contribution is 6.21. The maximum atomic E-state index is 13.6. The summed E-state index contributed by atoms with van der Waals surface area (Å²) in [5, 5.41) is -0.748. The Bertz CT molecular complexity index is 370. The van der Waals surface area contributed by atoms with Crippen LogP contribution in [0.5, 0.6) is 0 Å². The average molecular weight is 279 g/mol. The van der Waals surface area contributed by atoms with Crippen molar-refractivity contribution in [2.45, 2.75) is 44.9 Å². The first kappa shape index (κ1) is 15.4. The van der Waals surface area contributed by atoms with Crippen molar-refractivity contribution in [3.05, 3.63) is 35.1 Å². The van der Waals surface area contributed by atoms with E-state index in [2.05, 4.69) is 6.92 Å². The van der Waals surface area contributed by atoms with E-state index in [-0.39, 0.29) is 11.5 Å². The summed E-state index contributed by atoms with van der Waals surface area (Å²) < 4.78 is 40.1. The second kappa shape index (κ2) is 7.03. The molecular formula is C14H18ClF3. The van der Waals surface area contributed by atoms with Crippen LogP contribution in [0.3, 0.4) is 0 Å². The van der Waals surface area contributed by atoms with E-state index in [1.54, 1.807) is 0 Å². The summed E-state index contributed by atoms with van der Waals surface area (Å²) in [5.41, 5.74) is -0.207. The lowest BCUT2D eigenvalue weighted by Gasteiger charge is -2.22. The Balaban J connectivity index is 2.97. The highest BCUT2D eigenvalue weighted by Crippen LogP contribution is 2.37. The fraction of sp³-hybridized carbons (Fsp3) is 0.571. The van der Waals surface area contributed by atoms with Crippen LogP contribution >= 0.6 is 11.6 Å². The highest BCUT2D eigenvalue weighted by Gasteiger charge is 2.25. The molecule has 0 aliphatic heterocycles. The lowest BCUT2D eigenvalue weighted by Crippen LogP contribution is -2.11. The van der Waals surface area contributed by atoms with Crippen LogP contribution in [0.25, 0.3) is 0 Å². The fourth-order valence-corrected chi connectivity index (χ4v) is 2.59. The minimum atomic E-state index is -0.917. The maximum absolute atomic E-state index is 13.6. The van der Waals surface area contributed by atoms with E-state index in [0.717, 1.165) is 25.7 Å². The molecule has 1 rings (SSSR count). The third-order valence-corrected chi connectivity index (χ3v) is 3.76. The van der Waals surface area contributed by atoms with Gasteiger partial charge in [0.05, 0.1) is 5.38 Å². The first-order valence-corrected chi connectivity index (χ1v) is 6.73. The normalized spacial score (nSPS) is 14.6. The predicted octanol–water partition coefficient (Wildman–Crippen LogP) is 5.60. The number of alkyl halides is 1. The van der Waals surface area contributed by atoms with Crippen LogP contribution in [-0.4, -0.2) is 0 Å². The van der Waals surface area contributed by atoms with Crippen molar-refractivity contribution < 1.29 is 13.2 Å². The second-order valence-electron chi connectivity index (χ2n) is 4.50. The van der Waals surface area contributed by atoms with E-state index in [1.165, 1.54) is 0 Å². The predicted molar refractivity (Wildman–Crippen MR) is 68.2 cm³/mol. The summed E-state index contributed by atoms with van der Waals surface area (Å²) in [6.07, 6.45) is 3.53. The molecule has 0 heterocycles. The molecule has 2 atom stereocenters. The average Bonchev–Trinajstić information content (AvgIpc) is 2.28. The van der Waals surface area contributed by atoms with E-state index >= 15 is 0 Å². The Hall–Kier alpha value is -0.700. The Morgan fingerprint density at radius 3 is 2.11 bits per heavy atom. The molecule has 0 aliphatic rings. The van der Waals surface area contributed by atoms with Crippen LogP contribution in [0.2, 0.25) is 0 Å². The van der Waals surface area contributed by atoms with E-state index in [4.69, 9.17) is 11.6 Å². The smallest absolute Gasteiger partial charge is 0.133 e. The molecule has 0 bridgehead atoms. The molecule has 18 heavy (non-hydrogen) atoms. The van der Waals surface area contributed by atoms with Gasteiger partial charge in [-0.05, 0) is 12.3 Å². The van der Waals surface area contributed by atoms with E-state index in [1.807, 2.05) is 6.92 Å². The van der Waals surface area contributed by atoms with Crippen molar-refractivity contribution in [1.29, 1.82) is 0 Å². The number of hydrogen-bond donors (Lipinski definition) is 0. The van der Waals surface area contributed by atoms with Gasteiger partial charge in [-0.3, -0.25) is 0 Å².